The highest BCUT2D eigenvalue weighted by Gasteiger charge is 2.13. The van der Waals surface area contributed by atoms with Crippen LogP contribution in [-0.2, 0) is 0 Å². The molecule has 2 rings (SSSR count). The number of nitrogens with one attached hydrogen (secondary N) is 2. The molecule has 0 unspecified atom stereocenters. The zero-order chi connectivity index (χ0) is 12.4. The molecule has 86 valence electrons. The predicted octanol–water partition coefficient (Wildman–Crippen LogP) is 1.10. The quantitative estimate of drug-likeness (QED) is 0.755. The van der Waals surface area contributed by atoms with Gasteiger partial charge in [0.1, 0.15) is 11.1 Å². The van der Waals surface area contributed by atoms with E-state index in [1.807, 2.05) is 0 Å². The number of carbonyl (C=O) groups excluding carboxylic acids is 1. The number of aromatic amines is 1. The molecule has 0 bridgehead atoms. The van der Waals surface area contributed by atoms with Crippen molar-refractivity contribution in [2.45, 2.75) is 0 Å². The molecule has 0 saturated carbocycles. The summed E-state index contributed by atoms with van der Waals surface area (Å²) < 4.78 is 4.89. The summed E-state index contributed by atoms with van der Waals surface area (Å²) in [5.74, 6) is -0.631. The van der Waals surface area contributed by atoms with Crippen molar-refractivity contribution in [3.63, 3.8) is 0 Å². The molecule has 0 aliphatic heterocycles. The fourth-order valence-electron chi connectivity index (χ4n) is 1.41. The average Bonchev–Trinajstić information content (AvgIpc) is 2.38. The van der Waals surface area contributed by atoms with Crippen LogP contribution in [0.5, 0.6) is 5.88 Å². The van der Waals surface area contributed by atoms with Crippen LogP contribution < -0.4 is 10.2 Å². The molecule has 7 heteroatoms. The molecule has 1 amide bonds. The number of fused-ring (bicyclic) bond motifs is 1. The molecule has 0 atom stereocenters. The Morgan fingerprint density at radius 1 is 1.53 bits per heavy atom. The molecular weight excluding hydrogens is 224 g/mol. The minimum Gasteiger partial charge on any atom is -0.481 e. The van der Waals surface area contributed by atoms with Crippen LogP contribution in [0.1, 0.15) is 10.4 Å². The van der Waals surface area contributed by atoms with E-state index in [2.05, 4.69) is 15.1 Å². The van der Waals surface area contributed by atoms with Crippen LogP contribution in [0.25, 0.3) is 11.0 Å². The number of carbonyl (C=O) groups is 1. The van der Waals surface area contributed by atoms with Gasteiger partial charge >= 0.3 is 0 Å². The first-order chi connectivity index (χ1) is 8.17. The number of amides is 1. The number of hydrogen-bond acceptors (Lipinski definition) is 5. The largest absolute Gasteiger partial charge is 0.481 e. The van der Waals surface area contributed by atoms with Gasteiger partial charge in [0.15, 0.2) is 0 Å². The summed E-state index contributed by atoms with van der Waals surface area (Å²) in [5, 5.41) is 2.70. The Labute approximate surface area is 95.0 Å². The van der Waals surface area contributed by atoms with Crippen molar-refractivity contribution in [2.24, 2.45) is 5.11 Å². The van der Waals surface area contributed by atoms with Crippen molar-refractivity contribution < 1.29 is 9.53 Å². The first kappa shape index (κ1) is 10.9. The van der Waals surface area contributed by atoms with E-state index in [-0.39, 0.29) is 17.0 Å². The van der Waals surface area contributed by atoms with Crippen molar-refractivity contribution >= 4 is 16.9 Å². The third-order valence-electron chi connectivity index (χ3n) is 2.24. The molecular formula is C10H8N4O3. The number of ether oxygens (including phenoxy) is 1. The molecule has 0 spiro atoms. The van der Waals surface area contributed by atoms with Crippen molar-refractivity contribution in [3.05, 3.63) is 34.1 Å². The lowest BCUT2D eigenvalue weighted by molar-refractivity contribution is 0.0990. The summed E-state index contributed by atoms with van der Waals surface area (Å²) >= 11 is 0. The van der Waals surface area contributed by atoms with Gasteiger partial charge in [-0.05, 0) is 6.07 Å². The van der Waals surface area contributed by atoms with Gasteiger partial charge in [-0.3, -0.25) is 9.59 Å². The van der Waals surface area contributed by atoms with Crippen LogP contribution in [0.2, 0.25) is 0 Å². The zero-order valence-corrected chi connectivity index (χ0v) is 8.85. The Kier molecular flexibility index (Phi) is 2.65. The summed E-state index contributed by atoms with van der Waals surface area (Å²) in [6, 6.07) is 3.21. The van der Waals surface area contributed by atoms with Crippen molar-refractivity contribution in [3.8, 4) is 5.88 Å². The lowest BCUT2D eigenvalue weighted by Crippen LogP contribution is -2.15. The second kappa shape index (κ2) is 4.12. The monoisotopic (exact) mass is 232 g/mol. The van der Waals surface area contributed by atoms with Crippen LogP contribution in [0, 0.1) is 5.53 Å². The van der Waals surface area contributed by atoms with E-state index in [0.717, 1.165) is 0 Å². The topological polar surface area (TPSA) is 108 Å². The van der Waals surface area contributed by atoms with E-state index in [0.29, 0.717) is 5.52 Å². The van der Waals surface area contributed by atoms with Crippen LogP contribution in [0.15, 0.2) is 28.2 Å². The molecule has 0 aromatic carbocycles. The van der Waals surface area contributed by atoms with E-state index in [9.17, 15) is 9.59 Å². The number of methoxy groups -OCH3 is 1. The van der Waals surface area contributed by atoms with Crippen molar-refractivity contribution in [2.75, 3.05) is 7.11 Å². The molecule has 0 aliphatic rings. The lowest BCUT2D eigenvalue weighted by Gasteiger charge is -2.01. The van der Waals surface area contributed by atoms with Crippen molar-refractivity contribution in [1.82, 2.24) is 9.97 Å². The molecule has 0 saturated heterocycles. The SMILES string of the molecule is COc1ccc2[nH]cc(C(=O)N=N)c(=O)c2n1. The number of aromatic nitrogens is 2. The molecule has 7 nitrogen and oxygen atoms in total. The minimum absolute atomic E-state index is 0.0823. The van der Waals surface area contributed by atoms with Crippen LogP contribution in [0.4, 0.5) is 0 Å². The highest BCUT2D eigenvalue weighted by Crippen LogP contribution is 2.12. The smallest absolute Gasteiger partial charge is 0.300 e. The Balaban J connectivity index is 2.77. The lowest BCUT2D eigenvalue weighted by atomic mass is 10.2. The van der Waals surface area contributed by atoms with E-state index in [4.69, 9.17) is 10.3 Å². The summed E-state index contributed by atoms with van der Waals surface area (Å²) in [6.45, 7) is 0. The average molecular weight is 232 g/mol. The Morgan fingerprint density at radius 2 is 2.29 bits per heavy atom. The minimum atomic E-state index is -0.905. The maximum atomic E-state index is 11.9. The van der Waals surface area contributed by atoms with Gasteiger partial charge in [0.2, 0.25) is 11.3 Å². The predicted molar refractivity (Wildman–Crippen MR) is 58.4 cm³/mol. The van der Waals surface area contributed by atoms with E-state index in [1.165, 1.54) is 13.3 Å². The second-order valence-electron chi connectivity index (χ2n) is 3.20. The molecule has 0 fully saturated rings. The number of nitrogens with zero attached hydrogens (tertiary/aromatic N) is 2. The highest BCUT2D eigenvalue weighted by atomic mass is 16.5. The first-order valence-corrected chi connectivity index (χ1v) is 4.65. The highest BCUT2D eigenvalue weighted by molar-refractivity contribution is 5.96. The first-order valence-electron chi connectivity index (χ1n) is 4.65. The third-order valence-corrected chi connectivity index (χ3v) is 2.24. The van der Waals surface area contributed by atoms with Crippen LogP contribution in [-0.4, -0.2) is 23.0 Å². The molecule has 2 aromatic rings. The summed E-state index contributed by atoms with van der Waals surface area (Å²) in [6.07, 6.45) is 1.22. The van der Waals surface area contributed by atoms with E-state index < -0.39 is 11.3 Å². The maximum Gasteiger partial charge on any atom is 0.300 e. The molecule has 2 N–H and O–H groups in total. The Morgan fingerprint density at radius 3 is 2.94 bits per heavy atom. The van der Waals surface area contributed by atoms with E-state index >= 15 is 0 Å². The van der Waals surface area contributed by atoms with Gasteiger partial charge in [-0.1, -0.05) is 0 Å². The fraction of sp³-hybridized carbons (Fsp3) is 0.100. The summed E-state index contributed by atoms with van der Waals surface area (Å²) in [4.78, 5) is 29.8. The van der Waals surface area contributed by atoms with Crippen LogP contribution >= 0.6 is 0 Å². The van der Waals surface area contributed by atoms with Gasteiger partial charge in [-0.15, -0.1) is 5.11 Å². The third kappa shape index (κ3) is 1.78. The number of H-pyrrole nitrogens is 1. The van der Waals surface area contributed by atoms with Gasteiger partial charge in [0, 0.05) is 12.3 Å². The molecule has 0 radical (unpaired) electrons. The van der Waals surface area contributed by atoms with Gasteiger partial charge in [-0.25, -0.2) is 10.5 Å². The number of pyridine rings is 2. The van der Waals surface area contributed by atoms with Gasteiger partial charge < -0.3 is 9.72 Å². The fourth-order valence-corrected chi connectivity index (χ4v) is 1.41. The molecule has 0 aliphatic carbocycles. The summed E-state index contributed by atoms with van der Waals surface area (Å²) in [7, 11) is 1.43. The van der Waals surface area contributed by atoms with Gasteiger partial charge in [0.25, 0.3) is 5.91 Å². The maximum absolute atomic E-state index is 11.9. The summed E-state index contributed by atoms with van der Waals surface area (Å²) in [5.41, 5.74) is 6.39. The van der Waals surface area contributed by atoms with Gasteiger partial charge in [-0.2, -0.15) is 0 Å². The van der Waals surface area contributed by atoms with Gasteiger partial charge in [0.05, 0.1) is 12.6 Å². The number of rotatable bonds is 2. The zero-order valence-electron chi connectivity index (χ0n) is 8.85. The Hall–Kier alpha value is -2.57. The Bertz CT molecular complexity index is 662. The normalized spacial score (nSPS) is 10.2. The number of hydrogen-bond donors (Lipinski definition) is 2. The second-order valence-corrected chi connectivity index (χ2v) is 3.20. The van der Waals surface area contributed by atoms with Crippen molar-refractivity contribution in [1.29, 1.82) is 5.53 Å². The van der Waals surface area contributed by atoms with E-state index in [1.54, 1.807) is 12.1 Å². The van der Waals surface area contributed by atoms with Crippen LogP contribution in [0.3, 0.4) is 0 Å². The molecule has 2 aromatic heterocycles. The molecule has 2 heterocycles. The molecule has 17 heavy (non-hydrogen) atoms. The standard InChI is InChI=1S/C10H8N4O3/c1-17-7-3-2-6-8(13-7)9(15)5(4-12-6)10(16)14-11/h2-4,11H,1H3,(H,12,15).